The first-order valence-electron chi connectivity index (χ1n) is 4.87. The third-order valence-corrected chi connectivity index (χ3v) is 2.93. The van der Waals surface area contributed by atoms with Crippen LogP contribution in [-0.2, 0) is 0 Å². The minimum atomic E-state index is 0.000142. The number of nitrogens with one attached hydrogen (secondary N) is 2. The Labute approximate surface area is 118 Å². The maximum atomic E-state index is 7.31. The molecule has 0 amide bonds. The maximum Gasteiger partial charge on any atom is 0.225 e. The van der Waals surface area contributed by atoms with E-state index in [1.807, 2.05) is 12.1 Å². The SMILES string of the molecule is N=Cc1c(Cl)nc(Cl)nc1Nc1ccccc1Cl. The number of nitrogens with zero attached hydrogens (tertiary/aromatic N) is 2. The van der Waals surface area contributed by atoms with Gasteiger partial charge >= 0.3 is 0 Å². The van der Waals surface area contributed by atoms with Gasteiger partial charge in [0.15, 0.2) is 0 Å². The molecular weight excluding hydrogens is 295 g/mol. The van der Waals surface area contributed by atoms with E-state index in [0.717, 1.165) is 6.21 Å². The summed E-state index contributed by atoms with van der Waals surface area (Å²) in [5, 5.41) is 10.9. The van der Waals surface area contributed by atoms with E-state index in [1.165, 1.54) is 0 Å². The molecule has 0 atom stereocenters. The summed E-state index contributed by atoms with van der Waals surface area (Å²) in [7, 11) is 0. The van der Waals surface area contributed by atoms with Crippen molar-refractivity contribution in [3.05, 3.63) is 45.3 Å². The molecule has 0 unspecified atom stereocenters. The van der Waals surface area contributed by atoms with Crippen molar-refractivity contribution in [2.45, 2.75) is 0 Å². The highest BCUT2D eigenvalue weighted by atomic mass is 35.5. The minimum absolute atomic E-state index is 0.000142. The van der Waals surface area contributed by atoms with Gasteiger partial charge in [0.05, 0.1) is 16.3 Å². The number of anilines is 2. The molecule has 0 fully saturated rings. The minimum Gasteiger partial charge on any atom is -0.338 e. The van der Waals surface area contributed by atoms with Gasteiger partial charge in [-0.05, 0) is 23.7 Å². The van der Waals surface area contributed by atoms with E-state index in [2.05, 4.69) is 15.3 Å². The van der Waals surface area contributed by atoms with Crippen LogP contribution < -0.4 is 5.32 Å². The zero-order chi connectivity index (χ0) is 13.1. The molecule has 0 spiro atoms. The van der Waals surface area contributed by atoms with Crippen LogP contribution in [0, 0.1) is 5.41 Å². The maximum absolute atomic E-state index is 7.31. The lowest BCUT2D eigenvalue weighted by molar-refractivity contribution is 1.16. The van der Waals surface area contributed by atoms with Crippen LogP contribution in [0.1, 0.15) is 5.56 Å². The van der Waals surface area contributed by atoms with Crippen molar-refractivity contribution in [3.8, 4) is 0 Å². The molecule has 18 heavy (non-hydrogen) atoms. The van der Waals surface area contributed by atoms with Crippen molar-refractivity contribution < 1.29 is 0 Å². The zero-order valence-corrected chi connectivity index (χ0v) is 11.2. The molecule has 2 rings (SSSR count). The third kappa shape index (κ3) is 2.72. The highest BCUT2D eigenvalue weighted by Crippen LogP contribution is 2.28. The first-order valence-corrected chi connectivity index (χ1v) is 6.00. The molecule has 0 aliphatic carbocycles. The molecule has 7 heteroatoms. The molecule has 1 aromatic carbocycles. The van der Waals surface area contributed by atoms with Crippen LogP contribution >= 0.6 is 34.8 Å². The Kier molecular flexibility index (Phi) is 4.01. The smallest absolute Gasteiger partial charge is 0.225 e. The Morgan fingerprint density at radius 2 is 1.83 bits per heavy atom. The average Bonchev–Trinajstić information content (AvgIpc) is 2.31. The normalized spacial score (nSPS) is 10.2. The van der Waals surface area contributed by atoms with Crippen molar-refractivity contribution in [3.63, 3.8) is 0 Å². The summed E-state index contributed by atoms with van der Waals surface area (Å²) in [5.74, 6) is 0.336. The fourth-order valence-corrected chi connectivity index (χ4v) is 1.95. The second kappa shape index (κ2) is 5.52. The topological polar surface area (TPSA) is 61.7 Å². The molecule has 0 saturated carbocycles. The van der Waals surface area contributed by atoms with Crippen molar-refractivity contribution >= 4 is 52.5 Å². The van der Waals surface area contributed by atoms with E-state index < -0.39 is 0 Å². The van der Waals surface area contributed by atoms with E-state index in [1.54, 1.807) is 12.1 Å². The second-order valence-electron chi connectivity index (χ2n) is 3.29. The van der Waals surface area contributed by atoms with Crippen LogP contribution in [0.5, 0.6) is 0 Å². The molecule has 2 N–H and O–H groups in total. The fourth-order valence-electron chi connectivity index (χ4n) is 1.33. The van der Waals surface area contributed by atoms with Crippen LogP contribution in [-0.4, -0.2) is 16.2 Å². The van der Waals surface area contributed by atoms with Crippen molar-refractivity contribution in [2.75, 3.05) is 5.32 Å². The number of benzene rings is 1. The average molecular weight is 302 g/mol. The lowest BCUT2D eigenvalue weighted by Crippen LogP contribution is -2.02. The summed E-state index contributed by atoms with van der Waals surface area (Å²) in [4.78, 5) is 7.75. The van der Waals surface area contributed by atoms with Gasteiger partial charge in [0.25, 0.3) is 0 Å². The van der Waals surface area contributed by atoms with Gasteiger partial charge in [0.2, 0.25) is 5.28 Å². The Balaban J connectivity index is 2.46. The number of para-hydroxylation sites is 1. The lowest BCUT2D eigenvalue weighted by Gasteiger charge is -2.10. The zero-order valence-electron chi connectivity index (χ0n) is 8.92. The van der Waals surface area contributed by atoms with Gasteiger partial charge in [0, 0.05) is 6.21 Å². The van der Waals surface area contributed by atoms with Gasteiger partial charge in [-0.25, -0.2) is 4.98 Å². The predicted octanol–water partition coefficient (Wildman–Crippen LogP) is 4.18. The van der Waals surface area contributed by atoms with Gasteiger partial charge in [-0.15, -0.1) is 0 Å². The number of hydrogen-bond donors (Lipinski definition) is 2. The third-order valence-electron chi connectivity index (χ3n) is 2.14. The first-order chi connectivity index (χ1) is 8.61. The molecule has 0 saturated heterocycles. The van der Waals surface area contributed by atoms with E-state index in [9.17, 15) is 0 Å². The molecule has 1 heterocycles. The quantitative estimate of drug-likeness (QED) is 0.508. The summed E-state index contributed by atoms with van der Waals surface area (Å²) in [6, 6.07) is 7.14. The molecule has 0 bridgehead atoms. The van der Waals surface area contributed by atoms with Crippen LogP contribution in [0.2, 0.25) is 15.5 Å². The van der Waals surface area contributed by atoms with Gasteiger partial charge in [-0.2, -0.15) is 4.98 Å². The van der Waals surface area contributed by atoms with Crippen molar-refractivity contribution in [1.29, 1.82) is 5.41 Å². The van der Waals surface area contributed by atoms with Gasteiger partial charge in [-0.1, -0.05) is 35.3 Å². The summed E-state index contributed by atoms with van der Waals surface area (Å²) in [5.41, 5.74) is 0.995. The van der Waals surface area contributed by atoms with E-state index in [4.69, 9.17) is 40.2 Å². The molecule has 2 aromatic rings. The highest BCUT2D eigenvalue weighted by molar-refractivity contribution is 6.34. The largest absolute Gasteiger partial charge is 0.338 e. The van der Waals surface area contributed by atoms with Gasteiger partial charge in [-0.3, -0.25) is 0 Å². The lowest BCUT2D eigenvalue weighted by atomic mass is 10.3. The molecule has 0 aliphatic heterocycles. The van der Waals surface area contributed by atoms with Crippen molar-refractivity contribution in [2.24, 2.45) is 0 Å². The first kappa shape index (κ1) is 13.1. The van der Waals surface area contributed by atoms with Crippen molar-refractivity contribution in [1.82, 2.24) is 9.97 Å². The summed E-state index contributed by atoms with van der Waals surface area (Å²) < 4.78 is 0. The van der Waals surface area contributed by atoms with Crippen LogP contribution in [0.3, 0.4) is 0 Å². The monoisotopic (exact) mass is 300 g/mol. The van der Waals surface area contributed by atoms with Gasteiger partial charge < -0.3 is 10.7 Å². The Morgan fingerprint density at radius 1 is 1.11 bits per heavy atom. The second-order valence-corrected chi connectivity index (χ2v) is 4.40. The number of halogens is 3. The molecule has 92 valence electrons. The fraction of sp³-hybridized carbons (Fsp3) is 0. The molecule has 4 nitrogen and oxygen atoms in total. The van der Waals surface area contributed by atoms with E-state index in [-0.39, 0.29) is 10.4 Å². The van der Waals surface area contributed by atoms with E-state index >= 15 is 0 Å². The molecular formula is C11H7Cl3N4. The molecule has 0 radical (unpaired) electrons. The number of aromatic nitrogens is 2. The summed E-state index contributed by atoms with van der Waals surface area (Å²) in [6.45, 7) is 0. The summed E-state index contributed by atoms with van der Waals surface area (Å²) in [6.07, 6.45) is 1.05. The molecule has 0 aliphatic rings. The Hall–Kier alpha value is -1.36. The number of rotatable bonds is 3. The van der Waals surface area contributed by atoms with Crippen LogP contribution in [0.4, 0.5) is 11.5 Å². The predicted molar refractivity (Wildman–Crippen MR) is 74.7 cm³/mol. The Bertz CT molecular complexity index is 601. The van der Waals surface area contributed by atoms with Crippen LogP contribution in [0.15, 0.2) is 24.3 Å². The van der Waals surface area contributed by atoms with E-state index in [0.29, 0.717) is 22.1 Å². The number of hydrogen-bond acceptors (Lipinski definition) is 4. The highest BCUT2D eigenvalue weighted by Gasteiger charge is 2.11. The van der Waals surface area contributed by atoms with Crippen LogP contribution in [0.25, 0.3) is 0 Å². The molecule has 1 aromatic heterocycles. The Morgan fingerprint density at radius 3 is 2.50 bits per heavy atom. The summed E-state index contributed by atoms with van der Waals surface area (Å²) >= 11 is 17.6. The van der Waals surface area contributed by atoms with Gasteiger partial charge in [0.1, 0.15) is 11.0 Å². The standard InChI is InChI=1S/C11H7Cl3N4/c12-7-3-1-2-4-8(7)16-10-6(5-15)9(13)17-11(14)18-10/h1-5,15H,(H,16,17,18).